The van der Waals surface area contributed by atoms with Crippen LogP contribution in [-0.2, 0) is 6.54 Å². The van der Waals surface area contributed by atoms with Crippen molar-refractivity contribution in [1.82, 2.24) is 9.55 Å². The van der Waals surface area contributed by atoms with E-state index in [4.69, 9.17) is 5.73 Å². The minimum absolute atomic E-state index is 0.604. The van der Waals surface area contributed by atoms with E-state index in [2.05, 4.69) is 22.7 Å². The minimum atomic E-state index is 0.604. The summed E-state index contributed by atoms with van der Waals surface area (Å²) < 4.78 is 2.29. The molecule has 72 valence electrons. The normalized spacial score (nSPS) is 21.5. The first-order chi connectivity index (χ1) is 6.31. The third-order valence-electron chi connectivity index (χ3n) is 2.76. The molecule has 2 heterocycles. The fourth-order valence-electron chi connectivity index (χ4n) is 2.18. The van der Waals surface area contributed by atoms with Crippen LogP contribution in [0.1, 0.15) is 36.7 Å². The summed E-state index contributed by atoms with van der Waals surface area (Å²) in [5.41, 5.74) is 6.72. The average Bonchev–Trinajstić information content (AvgIpc) is 2.47. The van der Waals surface area contributed by atoms with E-state index in [1.165, 1.54) is 18.7 Å². The summed E-state index contributed by atoms with van der Waals surface area (Å²) >= 11 is 0. The molecule has 0 aromatic carbocycles. The summed E-state index contributed by atoms with van der Waals surface area (Å²) in [6.45, 7) is 3.97. The molecule has 0 aliphatic carbocycles. The van der Waals surface area contributed by atoms with Crippen molar-refractivity contribution in [3.63, 3.8) is 0 Å². The van der Waals surface area contributed by atoms with Gasteiger partial charge in [0.15, 0.2) is 0 Å². The highest BCUT2D eigenvalue weighted by Crippen LogP contribution is 2.28. The summed E-state index contributed by atoms with van der Waals surface area (Å²) in [5, 5.41) is 0. The zero-order valence-corrected chi connectivity index (χ0v) is 8.16. The fraction of sp³-hybridized carbons (Fsp3) is 0.700. The maximum atomic E-state index is 5.59. The molecule has 0 saturated carbocycles. The standard InChI is InChI=1S/C10H17N3/c1-8-7-13-6-2-3-9(4-5-11)10(13)12-8/h7,9H,2-6,11H2,1H3. The Kier molecular flexibility index (Phi) is 2.36. The molecule has 1 aromatic rings. The first kappa shape index (κ1) is 8.75. The van der Waals surface area contributed by atoms with Gasteiger partial charge in [0.25, 0.3) is 0 Å². The molecule has 1 unspecified atom stereocenters. The average molecular weight is 179 g/mol. The third-order valence-corrected chi connectivity index (χ3v) is 2.76. The lowest BCUT2D eigenvalue weighted by atomic mass is 9.96. The summed E-state index contributed by atoms with van der Waals surface area (Å²) in [6.07, 6.45) is 5.76. The monoisotopic (exact) mass is 179 g/mol. The van der Waals surface area contributed by atoms with Crippen LogP contribution >= 0.6 is 0 Å². The number of nitrogens with zero attached hydrogens (tertiary/aromatic N) is 2. The van der Waals surface area contributed by atoms with Crippen molar-refractivity contribution in [3.05, 3.63) is 17.7 Å². The second kappa shape index (κ2) is 3.50. The fourth-order valence-corrected chi connectivity index (χ4v) is 2.18. The smallest absolute Gasteiger partial charge is 0.112 e. The van der Waals surface area contributed by atoms with Crippen molar-refractivity contribution in [2.75, 3.05) is 6.54 Å². The van der Waals surface area contributed by atoms with Gasteiger partial charge in [-0.1, -0.05) is 0 Å². The first-order valence-electron chi connectivity index (χ1n) is 5.05. The van der Waals surface area contributed by atoms with Gasteiger partial charge in [0.1, 0.15) is 5.82 Å². The molecule has 2 rings (SSSR count). The molecule has 3 nitrogen and oxygen atoms in total. The summed E-state index contributed by atoms with van der Waals surface area (Å²) in [6, 6.07) is 0. The molecule has 0 bridgehead atoms. The zero-order chi connectivity index (χ0) is 9.26. The van der Waals surface area contributed by atoms with Crippen LogP contribution in [0.2, 0.25) is 0 Å². The molecule has 1 aliphatic heterocycles. The molecule has 2 N–H and O–H groups in total. The van der Waals surface area contributed by atoms with E-state index in [0.717, 1.165) is 25.2 Å². The van der Waals surface area contributed by atoms with E-state index in [9.17, 15) is 0 Å². The topological polar surface area (TPSA) is 43.8 Å². The Morgan fingerprint density at radius 2 is 2.54 bits per heavy atom. The van der Waals surface area contributed by atoms with Crippen LogP contribution in [0.5, 0.6) is 0 Å². The largest absolute Gasteiger partial charge is 0.334 e. The van der Waals surface area contributed by atoms with Crippen LogP contribution in [0, 0.1) is 6.92 Å². The van der Waals surface area contributed by atoms with Gasteiger partial charge < -0.3 is 10.3 Å². The Hall–Kier alpha value is -0.830. The SMILES string of the molecule is Cc1cn2c(n1)C(CCN)CCC2. The van der Waals surface area contributed by atoms with Gasteiger partial charge in [-0.05, 0) is 32.7 Å². The van der Waals surface area contributed by atoms with Crippen LogP contribution in [0.15, 0.2) is 6.20 Å². The Morgan fingerprint density at radius 1 is 1.69 bits per heavy atom. The van der Waals surface area contributed by atoms with E-state index in [1.807, 2.05) is 0 Å². The molecule has 1 atom stereocenters. The predicted molar refractivity (Wildman–Crippen MR) is 52.6 cm³/mol. The molecule has 0 radical (unpaired) electrons. The first-order valence-corrected chi connectivity index (χ1v) is 5.05. The van der Waals surface area contributed by atoms with Gasteiger partial charge in [0.05, 0.1) is 5.69 Å². The van der Waals surface area contributed by atoms with Crippen molar-refractivity contribution < 1.29 is 0 Å². The highest BCUT2D eigenvalue weighted by molar-refractivity contribution is 5.09. The van der Waals surface area contributed by atoms with Crippen LogP contribution in [0.4, 0.5) is 0 Å². The quantitative estimate of drug-likeness (QED) is 0.746. The van der Waals surface area contributed by atoms with Crippen molar-refractivity contribution in [2.45, 2.75) is 38.6 Å². The van der Waals surface area contributed by atoms with Crippen LogP contribution in [-0.4, -0.2) is 16.1 Å². The van der Waals surface area contributed by atoms with E-state index < -0.39 is 0 Å². The second-order valence-corrected chi connectivity index (χ2v) is 3.85. The number of nitrogens with two attached hydrogens (primary N) is 1. The molecule has 0 amide bonds. The van der Waals surface area contributed by atoms with Gasteiger partial charge in [-0.25, -0.2) is 4.98 Å². The van der Waals surface area contributed by atoms with Crippen LogP contribution in [0.3, 0.4) is 0 Å². The van der Waals surface area contributed by atoms with E-state index in [0.29, 0.717) is 5.92 Å². The van der Waals surface area contributed by atoms with Crippen LogP contribution in [0.25, 0.3) is 0 Å². The van der Waals surface area contributed by atoms with E-state index >= 15 is 0 Å². The number of hydrogen-bond acceptors (Lipinski definition) is 2. The number of aromatic nitrogens is 2. The molecule has 13 heavy (non-hydrogen) atoms. The Labute approximate surface area is 79.0 Å². The van der Waals surface area contributed by atoms with Crippen molar-refractivity contribution in [2.24, 2.45) is 5.73 Å². The maximum absolute atomic E-state index is 5.59. The lowest BCUT2D eigenvalue weighted by Crippen LogP contribution is -2.18. The van der Waals surface area contributed by atoms with E-state index in [-0.39, 0.29) is 0 Å². The number of fused-ring (bicyclic) bond motifs is 1. The predicted octanol–water partition coefficient (Wildman–Crippen LogP) is 1.42. The number of rotatable bonds is 2. The van der Waals surface area contributed by atoms with Crippen LogP contribution < -0.4 is 5.73 Å². The summed E-state index contributed by atoms with van der Waals surface area (Å²) in [7, 11) is 0. The van der Waals surface area contributed by atoms with Gasteiger partial charge >= 0.3 is 0 Å². The van der Waals surface area contributed by atoms with E-state index in [1.54, 1.807) is 0 Å². The highest BCUT2D eigenvalue weighted by atomic mass is 15.1. The lowest BCUT2D eigenvalue weighted by Gasteiger charge is -2.22. The molecule has 0 saturated heterocycles. The molecule has 1 aliphatic rings. The molecule has 3 heteroatoms. The molecular formula is C10H17N3. The van der Waals surface area contributed by atoms with Gasteiger partial charge in [-0.15, -0.1) is 0 Å². The summed E-state index contributed by atoms with van der Waals surface area (Å²) in [4.78, 5) is 4.56. The molecular weight excluding hydrogens is 162 g/mol. The molecule has 0 spiro atoms. The van der Waals surface area contributed by atoms with Crippen molar-refractivity contribution >= 4 is 0 Å². The molecule has 1 aromatic heterocycles. The van der Waals surface area contributed by atoms with Gasteiger partial charge in [-0.2, -0.15) is 0 Å². The second-order valence-electron chi connectivity index (χ2n) is 3.85. The molecule has 0 fully saturated rings. The Morgan fingerprint density at radius 3 is 3.31 bits per heavy atom. The Bertz CT molecular complexity index is 290. The minimum Gasteiger partial charge on any atom is -0.334 e. The Balaban J connectivity index is 2.25. The number of imidazole rings is 1. The van der Waals surface area contributed by atoms with Crippen molar-refractivity contribution in [1.29, 1.82) is 0 Å². The van der Waals surface area contributed by atoms with Crippen molar-refractivity contribution in [3.8, 4) is 0 Å². The zero-order valence-electron chi connectivity index (χ0n) is 8.16. The maximum Gasteiger partial charge on any atom is 0.112 e. The van der Waals surface area contributed by atoms with Gasteiger partial charge in [0, 0.05) is 18.7 Å². The lowest BCUT2D eigenvalue weighted by molar-refractivity contribution is 0.428. The summed E-state index contributed by atoms with van der Waals surface area (Å²) in [5.74, 6) is 1.86. The number of aryl methyl sites for hydroxylation is 2. The van der Waals surface area contributed by atoms with Gasteiger partial charge in [0.2, 0.25) is 0 Å². The highest BCUT2D eigenvalue weighted by Gasteiger charge is 2.21. The van der Waals surface area contributed by atoms with Gasteiger partial charge in [-0.3, -0.25) is 0 Å². The third kappa shape index (κ3) is 1.61. The number of hydrogen-bond donors (Lipinski definition) is 1.